The fraction of sp³-hybridized carbons (Fsp3) is 0.333. The summed E-state index contributed by atoms with van der Waals surface area (Å²) in [5.41, 5.74) is 6.20. The van der Waals surface area contributed by atoms with Crippen molar-refractivity contribution in [2.45, 2.75) is 29.3 Å². The highest BCUT2D eigenvalue weighted by Gasteiger charge is 2.54. The lowest BCUT2D eigenvalue weighted by Crippen LogP contribution is -2.71. The van der Waals surface area contributed by atoms with Crippen molar-refractivity contribution in [3.63, 3.8) is 0 Å². The quantitative estimate of drug-likeness (QED) is 0.135. The van der Waals surface area contributed by atoms with Gasteiger partial charge in [-0.05, 0) is 21.6 Å². The average molecular weight is 523 g/mol. The highest BCUT2D eigenvalue weighted by molar-refractivity contribution is 8.01. The van der Waals surface area contributed by atoms with Crippen molar-refractivity contribution in [1.29, 1.82) is 0 Å². The molecule has 2 aromatic rings. The van der Waals surface area contributed by atoms with Crippen LogP contribution >= 0.6 is 23.5 Å². The lowest BCUT2D eigenvalue weighted by atomic mass is 10.0. The van der Waals surface area contributed by atoms with E-state index >= 15 is 0 Å². The second-order valence-corrected chi connectivity index (χ2v) is 9.42. The van der Waals surface area contributed by atoms with E-state index < -0.39 is 46.9 Å². The van der Waals surface area contributed by atoms with Crippen molar-refractivity contribution in [3.05, 3.63) is 51.2 Å². The van der Waals surface area contributed by atoms with Gasteiger partial charge in [0, 0.05) is 23.6 Å². The first-order valence-corrected chi connectivity index (χ1v) is 12.0. The number of tetrazole rings is 1. The molecule has 3 heterocycles. The minimum absolute atomic E-state index is 0.167. The van der Waals surface area contributed by atoms with Crippen LogP contribution in [-0.4, -0.2) is 80.9 Å². The Bertz CT molecular complexity index is 1230. The summed E-state index contributed by atoms with van der Waals surface area (Å²) >= 11 is 2.39. The number of nitro groups is 1. The Morgan fingerprint density at radius 2 is 2.20 bits per heavy atom. The van der Waals surface area contributed by atoms with Crippen LogP contribution in [0.25, 0.3) is 0 Å². The largest absolute Gasteiger partial charge is 0.477 e. The van der Waals surface area contributed by atoms with Gasteiger partial charge in [0.2, 0.25) is 11.1 Å². The normalized spacial score (nSPS) is 20.2. The number of nitrogens with two attached hydrogens (primary N) is 1. The van der Waals surface area contributed by atoms with Crippen molar-refractivity contribution >= 4 is 47.0 Å². The van der Waals surface area contributed by atoms with Crippen molar-refractivity contribution < 1.29 is 29.5 Å². The van der Waals surface area contributed by atoms with E-state index in [0.29, 0.717) is 5.57 Å². The standard InChI is InChI=1S/C18H18N8O7S2/c19-11(8-2-1-3-10(4-8)26(32)33)14(28)20-12-15(29)25-13(17(30)31)9(5-34-16(12)25)6-35-18-21-22-23-24(18)7-27/h1-4,11-12,16,27H,5-7,19H2,(H,20,28)(H,30,31)/t11?,12?,16-/m0/s1. The van der Waals surface area contributed by atoms with E-state index in [-0.39, 0.29) is 33.6 Å². The van der Waals surface area contributed by atoms with Crippen molar-refractivity contribution in [1.82, 2.24) is 30.4 Å². The maximum Gasteiger partial charge on any atom is 0.352 e. The van der Waals surface area contributed by atoms with Crippen molar-refractivity contribution in [2.75, 3.05) is 11.5 Å². The predicted octanol–water partition coefficient (Wildman–Crippen LogP) is -0.938. The predicted molar refractivity (Wildman–Crippen MR) is 120 cm³/mol. The number of aliphatic hydroxyl groups is 1. The van der Waals surface area contributed by atoms with E-state index in [1.165, 1.54) is 36.0 Å². The molecule has 5 N–H and O–H groups in total. The molecule has 2 aliphatic rings. The zero-order valence-electron chi connectivity index (χ0n) is 17.7. The van der Waals surface area contributed by atoms with Crippen LogP contribution < -0.4 is 11.1 Å². The monoisotopic (exact) mass is 522 g/mol. The topological polar surface area (TPSA) is 220 Å². The first-order chi connectivity index (χ1) is 16.7. The molecular formula is C18H18N8O7S2. The van der Waals surface area contributed by atoms with Crippen LogP contribution in [0.5, 0.6) is 0 Å². The number of nitrogens with zero attached hydrogens (tertiary/aromatic N) is 6. The number of aromatic nitrogens is 4. The summed E-state index contributed by atoms with van der Waals surface area (Å²) in [7, 11) is 0. The molecular weight excluding hydrogens is 504 g/mol. The smallest absolute Gasteiger partial charge is 0.352 e. The summed E-state index contributed by atoms with van der Waals surface area (Å²) in [5, 5.41) is 42.9. The maximum atomic E-state index is 12.8. The molecule has 2 unspecified atom stereocenters. The fourth-order valence-electron chi connectivity index (χ4n) is 3.56. The number of fused-ring (bicyclic) bond motifs is 1. The van der Waals surface area contributed by atoms with Crippen molar-refractivity contribution in [2.24, 2.45) is 5.73 Å². The molecule has 1 aromatic heterocycles. The summed E-state index contributed by atoms with van der Waals surface area (Å²) in [6.45, 7) is -0.443. The third-order valence-corrected chi connectivity index (χ3v) is 7.66. The summed E-state index contributed by atoms with van der Waals surface area (Å²) in [4.78, 5) is 48.9. The first kappa shape index (κ1) is 24.6. The van der Waals surface area contributed by atoms with Crippen LogP contribution in [0.2, 0.25) is 0 Å². The number of benzene rings is 1. The summed E-state index contributed by atoms with van der Waals surface area (Å²) in [6, 6.07) is 3.04. The van der Waals surface area contributed by atoms with Gasteiger partial charge in [-0.1, -0.05) is 23.9 Å². The summed E-state index contributed by atoms with van der Waals surface area (Å²) in [6.07, 6.45) is 0. The van der Waals surface area contributed by atoms with Gasteiger partial charge in [0.1, 0.15) is 29.9 Å². The van der Waals surface area contributed by atoms with Gasteiger partial charge < -0.3 is 21.3 Å². The van der Waals surface area contributed by atoms with Crippen molar-refractivity contribution in [3.8, 4) is 0 Å². The van der Waals surface area contributed by atoms with E-state index in [0.717, 1.165) is 21.3 Å². The number of carboxylic acids is 1. The molecule has 35 heavy (non-hydrogen) atoms. The van der Waals surface area contributed by atoms with E-state index in [4.69, 9.17) is 5.73 Å². The Balaban J connectivity index is 1.46. The number of nitro benzene ring substituents is 1. The third-order valence-electron chi connectivity index (χ3n) is 5.28. The number of carbonyl (C=O) groups excluding carboxylic acids is 2. The highest BCUT2D eigenvalue weighted by atomic mass is 32.2. The molecule has 2 amide bonds. The van der Waals surface area contributed by atoms with Crippen LogP contribution in [0.1, 0.15) is 11.6 Å². The number of non-ortho nitro benzene ring substituents is 1. The third kappa shape index (κ3) is 4.70. The Hall–Kier alpha value is -3.54. The van der Waals surface area contributed by atoms with Gasteiger partial charge in [-0.3, -0.25) is 24.6 Å². The number of carbonyl (C=O) groups is 3. The Morgan fingerprint density at radius 3 is 2.89 bits per heavy atom. The number of β-lactam (4-membered cyclic amide) rings is 1. The molecule has 17 heteroatoms. The van der Waals surface area contributed by atoms with E-state index in [1.807, 2.05) is 0 Å². The van der Waals surface area contributed by atoms with Gasteiger partial charge in [0.25, 0.3) is 11.6 Å². The van der Waals surface area contributed by atoms with Gasteiger partial charge in [-0.15, -0.1) is 16.9 Å². The molecule has 3 atom stereocenters. The maximum absolute atomic E-state index is 12.8. The molecule has 1 fully saturated rings. The number of thioether (sulfide) groups is 2. The first-order valence-electron chi connectivity index (χ1n) is 9.93. The molecule has 2 aliphatic heterocycles. The number of carboxylic acid groups (broad SMARTS) is 1. The van der Waals surface area contributed by atoms with Crippen LogP contribution in [-0.2, 0) is 21.1 Å². The Kier molecular flexibility index (Phi) is 7.01. The zero-order valence-corrected chi connectivity index (χ0v) is 19.3. The van der Waals surface area contributed by atoms with Crippen LogP contribution in [0.3, 0.4) is 0 Å². The minimum atomic E-state index is -1.29. The van der Waals surface area contributed by atoms with Gasteiger partial charge in [-0.25, -0.2) is 4.79 Å². The molecule has 0 saturated carbocycles. The Morgan fingerprint density at radius 1 is 1.43 bits per heavy atom. The van der Waals surface area contributed by atoms with E-state index in [2.05, 4.69) is 20.8 Å². The second-order valence-electron chi connectivity index (χ2n) is 7.37. The molecule has 0 bridgehead atoms. The molecule has 184 valence electrons. The average Bonchev–Trinajstić information content (AvgIpc) is 3.32. The summed E-state index contributed by atoms with van der Waals surface area (Å²) in [5.74, 6) is -2.18. The number of aliphatic hydroxyl groups excluding tert-OH is 1. The SMILES string of the molecule is NC(C(=O)NC1C(=O)N2C(C(=O)O)=C(CSc3nnnn3CO)CS[C@@H]12)c1cccc([N+](=O)[O-])c1. The van der Waals surface area contributed by atoms with Crippen LogP contribution in [0.15, 0.2) is 40.7 Å². The molecule has 15 nitrogen and oxygen atoms in total. The molecule has 4 rings (SSSR count). The summed E-state index contributed by atoms with van der Waals surface area (Å²) < 4.78 is 1.13. The number of aliphatic carboxylic acids is 1. The van der Waals surface area contributed by atoms with E-state index in [1.54, 1.807) is 0 Å². The molecule has 1 saturated heterocycles. The van der Waals surface area contributed by atoms with Gasteiger partial charge in [0.15, 0.2) is 0 Å². The highest BCUT2D eigenvalue weighted by Crippen LogP contribution is 2.41. The zero-order chi connectivity index (χ0) is 25.3. The number of amides is 2. The van der Waals surface area contributed by atoms with E-state index in [9.17, 15) is 34.7 Å². The number of nitrogens with one attached hydrogen (secondary N) is 1. The Labute approximate surface area is 204 Å². The fourth-order valence-corrected chi connectivity index (χ4v) is 5.92. The number of hydrogen-bond acceptors (Lipinski definition) is 12. The number of rotatable bonds is 9. The minimum Gasteiger partial charge on any atom is -0.477 e. The van der Waals surface area contributed by atoms with Crippen LogP contribution in [0.4, 0.5) is 5.69 Å². The molecule has 0 spiro atoms. The molecule has 0 radical (unpaired) electrons. The molecule has 0 aliphatic carbocycles. The molecule has 1 aromatic carbocycles. The van der Waals surface area contributed by atoms with Crippen LogP contribution in [0, 0.1) is 10.1 Å². The van der Waals surface area contributed by atoms with Gasteiger partial charge in [-0.2, -0.15) is 4.68 Å². The lowest BCUT2D eigenvalue weighted by Gasteiger charge is -2.49. The van der Waals surface area contributed by atoms with Gasteiger partial charge in [0.05, 0.1) is 4.92 Å². The lowest BCUT2D eigenvalue weighted by molar-refractivity contribution is -0.384. The number of hydrogen-bond donors (Lipinski definition) is 4. The van der Waals surface area contributed by atoms with Gasteiger partial charge >= 0.3 is 5.97 Å². The second kappa shape index (κ2) is 9.98.